The predicted molar refractivity (Wildman–Crippen MR) is 112 cm³/mol. The van der Waals surface area contributed by atoms with E-state index in [-0.39, 0.29) is 11.0 Å². The molecule has 0 aliphatic carbocycles. The number of carbonyl (C=O) groups excluding carboxylic acids is 1. The normalized spacial score (nSPS) is 12.4. The topological polar surface area (TPSA) is 53.2 Å². The Labute approximate surface area is 170 Å². The molecular formula is C17H24Cl3N3OS. The van der Waals surface area contributed by atoms with Gasteiger partial charge in [0.1, 0.15) is 6.17 Å². The molecule has 1 rings (SSSR count). The maximum absolute atomic E-state index is 11.2. The number of carbonyl (C=O) groups is 1. The average molecular weight is 425 g/mol. The van der Waals surface area contributed by atoms with E-state index in [1.807, 2.05) is 12.1 Å². The molecular weight excluding hydrogens is 401 g/mol. The molecule has 0 aliphatic heterocycles. The number of benzene rings is 1. The minimum atomic E-state index is -1.74. The van der Waals surface area contributed by atoms with Crippen LogP contribution in [0.5, 0.6) is 0 Å². The second-order valence-corrected chi connectivity index (χ2v) is 8.56. The van der Waals surface area contributed by atoms with Crippen molar-refractivity contribution in [3.8, 4) is 0 Å². The molecule has 25 heavy (non-hydrogen) atoms. The quantitative estimate of drug-likeness (QED) is 0.240. The summed E-state index contributed by atoms with van der Waals surface area (Å²) in [7, 11) is 0. The van der Waals surface area contributed by atoms with Gasteiger partial charge in [-0.2, -0.15) is 0 Å². The summed E-state index contributed by atoms with van der Waals surface area (Å²) in [4.78, 5) is 11.2. The molecule has 8 heteroatoms. The van der Waals surface area contributed by atoms with Gasteiger partial charge < -0.3 is 16.0 Å². The second kappa shape index (κ2) is 11.1. The van der Waals surface area contributed by atoms with Gasteiger partial charge in [0.25, 0.3) is 0 Å². The highest BCUT2D eigenvalue weighted by Gasteiger charge is 2.33. The second-order valence-electron chi connectivity index (χ2n) is 5.78. The average Bonchev–Trinajstić information content (AvgIpc) is 2.51. The van der Waals surface area contributed by atoms with Gasteiger partial charge in [-0.3, -0.25) is 4.79 Å². The molecule has 0 aliphatic rings. The highest BCUT2D eigenvalue weighted by Crippen LogP contribution is 2.29. The van der Waals surface area contributed by atoms with E-state index in [9.17, 15) is 4.79 Å². The largest absolute Gasteiger partial charge is 0.339 e. The van der Waals surface area contributed by atoms with Gasteiger partial charge in [-0.15, -0.1) is 0 Å². The van der Waals surface area contributed by atoms with E-state index in [4.69, 9.17) is 47.0 Å². The molecule has 0 unspecified atom stereocenters. The molecule has 1 aromatic rings. The number of hydrogen-bond acceptors (Lipinski definition) is 2. The minimum absolute atomic E-state index is 0.251. The molecule has 1 aromatic carbocycles. The lowest BCUT2D eigenvalue weighted by Crippen LogP contribution is -2.55. The number of alkyl halides is 3. The van der Waals surface area contributed by atoms with E-state index in [0.717, 1.165) is 12.1 Å². The van der Waals surface area contributed by atoms with Gasteiger partial charge >= 0.3 is 0 Å². The summed E-state index contributed by atoms with van der Waals surface area (Å²) >= 11 is 22.8. The summed E-state index contributed by atoms with van der Waals surface area (Å²) in [5, 5.41) is 8.56. The van der Waals surface area contributed by atoms with Gasteiger partial charge in [0.15, 0.2) is 5.11 Å². The van der Waals surface area contributed by atoms with Crippen LogP contribution in [0.2, 0.25) is 0 Å². The molecule has 0 saturated carbocycles. The first-order valence-corrected chi connectivity index (χ1v) is 9.77. The lowest BCUT2D eigenvalue weighted by Gasteiger charge is -2.27. The van der Waals surface area contributed by atoms with Crippen molar-refractivity contribution in [2.24, 2.45) is 0 Å². The molecule has 0 radical (unpaired) electrons. The fourth-order valence-electron chi connectivity index (χ4n) is 2.21. The van der Waals surface area contributed by atoms with Gasteiger partial charge in [-0.1, -0.05) is 73.1 Å². The number of amides is 1. The maximum Gasteiger partial charge on any atom is 0.228 e. The first-order chi connectivity index (χ1) is 11.7. The molecule has 140 valence electrons. The Balaban J connectivity index is 2.54. The number of halogens is 3. The third kappa shape index (κ3) is 9.50. The Morgan fingerprint density at radius 1 is 1.12 bits per heavy atom. The number of hydrogen-bond donors (Lipinski definition) is 3. The van der Waals surface area contributed by atoms with Crippen molar-refractivity contribution in [3.05, 3.63) is 29.8 Å². The van der Waals surface area contributed by atoms with Gasteiger partial charge in [0, 0.05) is 12.6 Å². The van der Waals surface area contributed by atoms with Gasteiger partial charge in [-0.25, -0.2) is 0 Å². The van der Waals surface area contributed by atoms with Crippen LogP contribution in [-0.2, 0) is 11.2 Å². The summed E-state index contributed by atoms with van der Waals surface area (Å²) < 4.78 is -1.74. The lowest BCUT2D eigenvalue weighted by atomic mass is 10.1. The number of aryl methyl sites for hydroxylation is 1. The van der Waals surface area contributed by atoms with Crippen molar-refractivity contribution >= 4 is 63.7 Å². The molecule has 0 saturated heterocycles. The molecule has 0 fully saturated rings. The van der Waals surface area contributed by atoms with Crippen LogP contribution in [0.25, 0.3) is 0 Å². The summed E-state index contributed by atoms with van der Waals surface area (Å²) in [6.45, 7) is 3.54. The highest BCUT2D eigenvalue weighted by atomic mass is 35.6. The van der Waals surface area contributed by atoms with E-state index >= 15 is 0 Å². The summed E-state index contributed by atoms with van der Waals surface area (Å²) in [6.07, 6.45) is 5.10. The van der Waals surface area contributed by atoms with Gasteiger partial charge in [-0.05, 0) is 42.8 Å². The first-order valence-electron chi connectivity index (χ1n) is 8.22. The number of rotatable bonds is 8. The van der Waals surface area contributed by atoms with Gasteiger partial charge in [0.05, 0.1) is 0 Å². The van der Waals surface area contributed by atoms with E-state index in [2.05, 4.69) is 35.0 Å². The Morgan fingerprint density at radius 3 is 2.28 bits per heavy atom. The van der Waals surface area contributed by atoms with Crippen molar-refractivity contribution in [1.29, 1.82) is 0 Å². The van der Waals surface area contributed by atoms with E-state index < -0.39 is 9.96 Å². The van der Waals surface area contributed by atoms with Crippen molar-refractivity contribution in [3.63, 3.8) is 0 Å². The Hall–Kier alpha value is -0.750. The van der Waals surface area contributed by atoms with Crippen LogP contribution in [0.1, 0.15) is 45.1 Å². The number of anilines is 1. The SMILES string of the molecule is CCCCCCc1ccc(NC(=S)N[C@H](NC(C)=O)C(Cl)(Cl)Cl)cc1. The standard InChI is InChI=1S/C17H24Cl3N3OS/c1-3-4-5-6-7-13-8-10-14(11-9-13)22-16(25)23-15(17(18,19)20)21-12(2)24/h8-11,15H,3-7H2,1-2H3,(H,21,24)(H2,22,23,25)/t15-/m0/s1. The number of nitrogens with one attached hydrogen (secondary N) is 3. The zero-order valence-electron chi connectivity index (χ0n) is 14.4. The van der Waals surface area contributed by atoms with Crippen molar-refractivity contribution < 1.29 is 4.79 Å². The first kappa shape index (κ1) is 22.3. The summed E-state index contributed by atoms with van der Waals surface area (Å²) in [6, 6.07) is 8.03. The fraction of sp³-hybridized carbons (Fsp3) is 0.529. The number of thiocarbonyl (C=S) groups is 1. The lowest BCUT2D eigenvalue weighted by molar-refractivity contribution is -0.119. The molecule has 3 N–H and O–H groups in total. The molecule has 0 spiro atoms. The predicted octanol–water partition coefficient (Wildman–Crippen LogP) is 4.93. The van der Waals surface area contributed by atoms with Crippen LogP contribution in [0, 0.1) is 0 Å². The maximum atomic E-state index is 11.2. The monoisotopic (exact) mass is 423 g/mol. The zero-order chi connectivity index (χ0) is 18.9. The molecule has 0 heterocycles. The molecule has 1 atom stereocenters. The van der Waals surface area contributed by atoms with Crippen molar-refractivity contribution in [2.45, 2.75) is 55.9 Å². The minimum Gasteiger partial charge on any atom is -0.339 e. The van der Waals surface area contributed by atoms with Crippen LogP contribution < -0.4 is 16.0 Å². The molecule has 0 aromatic heterocycles. The van der Waals surface area contributed by atoms with E-state index in [0.29, 0.717) is 0 Å². The van der Waals surface area contributed by atoms with Crippen molar-refractivity contribution in [2.75, 3.05) is 5.32 Å². The Morgan fingerprint density at radius 2 is 1.76 bits per heavy atom. The van der Waals surface area contributed by atoms with Crippen LogP contribution in [0.15, 0.2) is 24.3 Å². The van der Waals surface area contributed by atoms with Gasteiger partial charge in [0.2, 0.25) is 9.70 Å². The van der Waals surface area contributed by atoms with Crippen molar-refractivity contribution in [1.82, 2.24) is 10.6 Å². The third-order valence-electron chi connectivity index (χ3n) is 3.48. The van der Waals surface area contributed by atoms with Crippen LogP contribution in [0.4, 0.5) is 5.69 Å². The molecule has 1 amide bonds. The third-order valence-corrected chi connectivity index (χ3v) is 4.36. The molecule has 0 bridgehead atoms. The van der Waals surface area contributed by atoms with E-state index in [1.54, 1.807) is 0 Å². The Kier molecular flexibility index (Phi) is 9.87. The number of unbranched alkanes of at least 4 members (excludes halogenated alkanes) is 3. The summed E-state index contributed by atoms with van der Waals surface area (Å²) in [5.74, 6) is -0.334. The molecule has 4 nitrogen and oxygen atoms in total. The Bertz CT molecular complexity index is 561. The highest BCUT2D eigenvalue weighted by molar-refractivity contribution is 7.80. The smallest absolute Gasteiger partial charge is 0.228 e. The zero-order valence-corrected chi connectivity index (χ0v) is 17.5. The van der Waals surface area contributed by atoms with Crippen LogP contribution >= 0.6 is 47.0 Å². The van der Waals surface area contributed by atoms with Crippen LogP contribution in [0.3, 0.4) is 0 Å². The fourth-order valence-corrected chi connectivity index (χ4v) is 2.77. The van der Waals surface area contributed by atoms with E-state index in [1.165, 1.54) is 38.2 Å². The van der Waals surface area contributed by atoms with Crippen LogP contribution in [-0.4, -0.2) is 21.0 Å². The summed E-state index contributed by atoms with van der Waals surface area (Å²) in [5.41, 5.74) is 2.11.